The second-order valence-electron chi connectivity index (χ2n) is 4.88. The van der Waals surface area contributed by atoms with E-state index in [1.807, 2.05) is 0 Å². The minimum Gasteiger partial charge on any atom is -0.478 e. The predicted octanol–water partition coefficient (Wildman–Crippen LogP) is 3.06. The molecular formula is C16H9NO6S. The van der Waals surface area contributed by atoms with E-state index in [1.165, 1.54) is 41.7 Å². The van der Waals surface area contributed by atoms with E-state index in [-0.39, 0.29) is 16.7 Å². The van der Waals surface area contributed by atoms with Crippen LogP contribution in [0.1, 0.15) is 31.1 Å². The number of hydrogen-bond donors (Lipinski definition) is 3. The maximum Gasteiger partial charge on any atom is 0.336 e. The molecule has 0 aliphatic heterocycles. The van der Waals surface area contributed by atoms with Crippen LogP contribution in [0.2, 0.25) is 0 Å². The number of aromatic carboxylic acids is 3. The molecule has 0 spiro atoms. The lowest BCUT2D eigenvalue weighted by molar-refractivity contribution is 0.0651. The van der Waals surface area contributed by atoms with E-state index in [1.54, 1.807) is 6.07 Å². The summed E-state index contributed by atoms with van der Waals surface area (Å²) in [5.41, 5.74) is 0.405. The summed E-state index contributed by atoms with van der Waals surface area (Å²) in [7, 11) is 0. The lowest BCUT2D eigenvalue weighted by Gasteiger charge is -2.03. The van der Waals surface area contributed by atoms with Crippen molar-refractivity contribution in [2.45, 2.75) is 0 Å². The molecule has 2 aromatic carbocycles. The van der Waals surface area contributed by atoms with Crippen molar-refractivity contribution in [1.82, 2.24) is 4.98 Å². The summed E-state index contributed by atoms with van der Waals surface area (Å²) < 4.78 is 0.745. The first-order chi connectivity index (χ1) is 11.4. The Balaban J connectivity index is 2.13. The van der Waals surface area contributed by atoms with E-state index < -0.39 is 17.9 Å². The Morgan fingerprint density at radius 2 is 1.54 bits per heavy atom. The normalized spacial score (nSPS) is 10.7. The number of carboxylic acid groups (broad SMARTS) is 3. The molecule has 3 aromatic rings. The fraction of sp³-hybridized carbons (Fsp3) is 0. The SMILES string of the molecule is O=C(O)c1ccc2sc(-c3ccc(C(=O)O)c(C(=O)O)c3)nc2c1. The Hall–Kier alpha value is -3.26. The van der Waals surface area contributed by atoms with Gasteiger partial charge < -0.3 is 15.3 Å². The van der Waals surface area contributed by atoms with E-state index in [0.29, 0.717) is 16.1 Å². The monoisotopic (exact) mass is 343 g/mol. The largest absolute Gasteiger partial charge is 0.478 e. The average molecular weight is 343 g/mol. The number of thiazole rings is 1. The lowest BCUT2D eigenvalue weighted by Crippen LogP contribution is -2.07. The molecule has 7 nitrogen and oxygen atoms in total. The Kier molecular flexibility index (Phi) is 3.74. The summed E-state index contributed by atoms with van der Waals surface area (Å²) >= 11 is 1.26. The first-order valence-electron chi connectivity index (χ1n) is 6.61. The van der Waals surface area contributed by atoms with E-state index in [0.717, 1.165) is 4.70 Å². The van der Waals surface area contributed by atoms with Crippen LogP contribution in [-0.4, -0.2) is 38.2 Å². The van der Waals surface area contributed by atoms with Crippen LogP contribution in [0, 0.1) is 0 Å². The van der Waals surface area contributed by atoms with Gasteiger partial charge in [-0.2, -0.15) is 0 Å². The molecule has 1 aromatic heterocycles. The van der Waals surface area contributed by atoms with E-state index in [4.69, 9.17) is 10.2 Å². The van der Waals surface area contributed by atoms with Crippen LogP contribution in [-0.2, 0) is 0 Å². The Bertz CT molecular complexity index is 1010. The summed E-state index contributed by atoms with van der Waals surface area (Å²) in [5, 5.41) is 27.7. The third kappa shape index (κ3) is 2.70. The van der Waals surface area contributed by atoms with Crippen molar-refractivity contribution in [2.24, 2.45) is 0 Å². The first kappa shape index (κ1) is 15.6. The number of rotatable bonds is 4. The molecule has 0 aliphatic carbocycles. The fourth-order valence-corrected chi connectivity index (χ4v) is 3.17. The third-order valence-electron chi connectivity index (χ3n) is 3.36. The molecule has 0 atom stereocenters. The molecule has 0 amide bonds. The standard InChI is InChI=1S/C16H9NO6S/c18-14(19)8-2-4-12-11(6-8)17-13(24-12)7-1-3-9(15(20)21)10(5-7)16(22)23/h1-6H,(H,18,19)(H,20,21)(H,22,23). The number of nitrogens with zero attached hydrogens (tertiary/aromatic N) is 1. The number of benzene rings is 2. The van der Waals surface area contributed by atoms with Crippen LogP contribution in [0.15, 0.2) is 36.4 Å². The van der Waals surface area contributed by atoms with Gasteiger partial charge in [-0.1, -0.05) is 6.07 Å². The van der Waals surface area contributed by atoms with E-state index in [2.05, 4.69) is 4.98 Å². The number of carbonyl (C=O) groups is 3. The van der Waals surface area contributed by atoms with Crippen LogP contribution in [0.5, 0.6) is 0 Å². The van der Waals surface area contributed by atoms with E-state index in [9.17, 15) is 19.5 Å². The first-order valence-corrected chi connectivity index (χ1v) is 7.43. The van der Waals surface area contributed by atoms with Crippen LogP contribution in [0.4, 0.5) is 0 Å². The van der Waals surface area contributed by atoms with Gasteiger partial charge in [0, 0.05) is 5.56 Å². The summed E-state index contributed by atoms with van der Waals surface area (Å²) in [6.07, 6.45) is 0. The number of fused-ring (bicyclic) bond motifs is 1. The van der Waals surface area contributed by atoms with Gasteiger partial charge in [0.2, 0.25) is 0 Å². The predicted molar refractivity (Wildman–Crippen MR) is 85.9 cm³/mol. The van der Waals surface area contributed by atoms with Gasteiger partial charge in [0.1, 0.15) is 5.01 Å². The summed E-state index contributed by atoms with van der Waals surface area (Å²) in [5.74, 6) is -3.73. The smallest absolute Gasteiger partial charge is 0.336 e. The molecule has 3 rings (SSSR count). The van der Waals surface area contributed by atoms with Gasteiger partial charge in [0.15, 0.2) is 0 Å². The van der Waals surface area contributed by atoms with Gasteiger partial charge in [-0.05, 0) is 30.3 Å². The molecule has 8 heteroatoms. The maximum atomic E-state index is 11.3. The highest BCUT2D eigenvalue weighted by atomic mass is 32.1. The molecular weight excluding hydrogens is 334 g/mol. The molecule has 0 aliphatic rings. The zero-order valence-electron chi connectivity index (χ0n) is 11.9. The number of hydrogen-bond acceptors (Lipinski definition) is 5. The highest BCUT2D eigenvalue weighted by Crippen LogP contribution is 2.31. The molecule has 0 unspecified atom stereocenters. The van der Waals surface area contributed by atoms with Crippen molar-refractivity contribution < 1.29 is 29.7 Å². The second kappa shape index (κ2) is 5.74. The molecule has 0 radical (unpaired) electrons. The molecule has 0 bridgehead atoms. The van der Waals surface area contributed by atoms with Crippen LogP contribution in [0.25, 0.3) is 20.8 Å². The lowest BCUT2D eigenvalue weighted by atomic mass is 10.0. The number of aromatic nitrogens is 1. The average Bonchev–Trinajstić information content (AvgIpc) is 2.97. The van der Waals surface area contributed by atoms with Gasteiger partial charge in [-0.3, -0.25) is 0 Å². The van der Waals surface area contributed by atoms with Crippen LogP contribution < -0.4 is 0 Å². The van der Waals surface area contributed by atoms with Crippen LogP contribution >= 0.6 is 11.3 Å². The zero-order chi connectivity index (χ0) is 17.4. The van der Waals surface area contributed by atoms with Crippen molar-refractivity contribution >= 4 is 39.5 Å². The minimum atomic E-state index is -1.34. The van der Waals surface area contributed by atoms with Crippen molar-refractivity contribution in [3.63, 3.8) is 0 Å². The highest BCUT2D eigenvalue weighted by molar-refractivity contribution is 7.21. The van der Waals surface area contributed by atoms with Crippen LogP contribution in [0.3, 0.4) is 0 Å². The summed E-state index contributed by atoms with van der Waals surface area (Å²) in [4.78, 5) is 37.7. The van der Waals surface area contributed by atoms with Gasteiger partial charge in [-0.15, -0.1) is 11.3 Å². The van der Waals surface area contributed by atoms with Crippen molar-refractivity contribution in [1.29, 1.82) is 0 Å². The zero-order valence-corrected chi connectivity index (χ0v) is 12.7. The second-order valence-corrected chi connectivity index (χ2v) is 5.91. The molecule has 1 heterocycles. The Morgan fingerprint density at radius 1 is 0.833 bits per heavy atom. The maximum absolute atomic E-state index is 11.3. The Morgan fingerprint density at radius 3 is 2.17 bits per heavy atom. The molecule has 0 saturated carbocycles. The van der Waals surface area contributed by atoms with Gasteiger partial charge in [0.05, 0.1) is 26.9 Å². The van der Waals surface area contributed by atoms with Gasteiger partial charge >= 0.3 is 17.9 Å². The van der Waals surface area contributed by atoms with Gasteiger partial charge in [-0.25, -0.2) is 19.4 Å². The number of carboxylic acids is 3. The third-order valence-corrected chi connectivity index (χ3v) is 4.45. The summed E-state index contributed by atoms with van der Waals surface area (Å²) in [6.45, 7) is 0. The van der Waals surface area contributed by atoms with Crippen molar-refractivity contribution in [3.8, 4) is 10.6 Å². The minimum absolute atomic E-state index is 0.104. The van der Waals surface area contributed by atoms with Gasteiger partial charge in [0.25, 0.3) is 0 Å². The molecule has 120 valence electrons. The van der Waals surface area contributed by atoms with Crippen molar-refractivity contribution in [2.75, 3.05) is 0 Å². The van der Waals surface area contributed by atoms with E-state index >= 15 is 0 Å². The Labute approximate surface area is 138 Å². The van der Waals surface area contributed by atoms with Crippen molar-refractivity contribution in [3.05, 3.63) is 53.1 Å². The fourth-order valence-electron chi connectivity index (χ4n) is 2.22. The highest BCUT2D eigenvalue weighted by Gasteiger charge is 2.18. The molecule has 24 heavy (non-hydrogen) atoms. The quantitative estimate of drug-likeness (QED) is 0.665. The molecule has 0 saturated heterocycles. The summed E-state index contributed by atoms with van der Waals surface area (Å²) in [6, 6.07) is 8.47. The molecule has 3 N–H and O–H groups in total. The topological polar surface area (TPSA) is 125 Å². The molecule has 0 fully saturated rings.